The molecule has 0 bridgehead atoms. The SMILES string of the molecule is COC1CCC(C)(F)CC1. The normalized spacial score (nSPS) is 41.7. The van der Waals surface area contributed by atoms with Crippen molar-refractivity contribution in [1.29, 1.82) is 0 Å². The molecule has 2 heteroatoms. The molecule has 60 valence electrons. The molecule has 0 N–H and O–H groups in total. The lowest BCUT2D eigenvalue weighted by molar-refractivity contribution is 0.0162. The fraction of sp³-hybridized carbons (Fsp3) is 1.00. The van der Waals surface area contributed by atoms with Crippen LogP contribution in [0.3, 0.4) is 0 Å². The summed E-state index contributed by atoms with van der Waals surface area (Å²) in [5.41, 5.74) is -0.922. The summed E-state index contributed by atoms with van der Waals surface area (Å²) < 4.78 is 18.2. The average molecular weight is 146 g/mol. The van der Waals surface area contributed by atoms with E-state index in [2.05, 4.69) is 0 Å². The summed E-state index contributed by atoms with van der Waals surface area (Å²) in [5.74, 6) is 0. The number of ether oxygens (including phenoxy) is 1. The Labute approximate surface area is 61.6 Å². The Morgan fingerprint density at radius 2 is 1.90 bits per heavy atom. The van der Waals surface area contributed by atoms with Crippen molar-refractivity contribution in [2.45, 2.75) is 44.4 Å². The maximum Gasteiger partial charge on any atom is 0.108 e. The minimum Gasteiger partial charge on any atom is -0.381 e. The van der Waals surface area contributed by atoms with Gasteiger partial charge in [-0.15, -0.1) is 0 Å². The summed E-state index contributed by atoms with van der Waals surface area (Å²) >= 11 is 0. The van der Waals surface area contributed by atoms with Gasteiger partial charge in [0.1, 0.15) is 5.67 Å². The molecular weight excluding hydrogens is 131 g/mol. The number of alkyl halides is 1. The van der Waals surface area contributed by atoms with Gasteiger partial charge in [-0.05, 0) is 32.6 Å². The fourth-order valence-corrected chi connectivity index (χ4v) is 1.43. The third-order valence-corrected chi connectivity index (χ3v) is 2.31. The van der Waals surface area contributed by atoms with Crippen molar-refractivity contribution in [3.8, 4) is 0 Å². The van der Waals surface area contributed by atoms with Crippen LogP contribution in [0, 0.1) is 0 Å². The van der Waals surface area contributed by atoms with Gasteiger partial charge in [0.15, 0.2) is 0 Å². The lowest BCUT2D eigenvalue weighted by atomic mass is 9.86. The van der Waals surface area contributed by atoms with Crippen LogP contribution in [0.4, 0.5) is 4.39 Å². The third-order valence-electron chi connectivity index (χ3n) is 2.31. The summed E-state index contributed by atoms with van der Waals surface area (Å²) in [6, 6.07) is 0. The van der Waals surface area contributed by atoms with Gasteiger partial charge in [0.25, 0.3) is 0 Å². The summed E-state index contributed by atoms with van der Waals surface area (Å²) in [7, 11) is 1.70. The number of hydrogen-bond donors (Lipinski definition) is 0. The van der Waals surface area contributed by atoms with Crippen molar-refractivity contribution < 1.29 is 9.13 Å². The van der Waals surface area contributed by atoms with Crippen LogP contribution in [0.15, 0.2) is 0 Å². The number of halogens is 1. The predicted molar refractivity (Wildman–Crippen MR) is 38.8 cm³/mol. The van der Waals surface area contributed by atoms with Crippen molar-refractivity contribution >= 4 is 0 Å². The molecule has 1 fully saturated rings. The van der Waals surface area contributed by atoms with Crippen LogP contribution in [0.1, 0.15) is 32.6 Å². The van der Waals surface area contributed by atoms with Crippen LogP contribution < -0.4 is 0 Å². The molecule has 1 rings (SSSR count). The zero-order chi connectivity index (χ0) is 7.61. The Balaban J connectivity index is 2.31. The molecule has 0 spiro atoms. The van der Waals surface area contributed by atoms with Crippen LogP contribution >= 0.6 is 0 Å². The maximum absolute atomic E-state index is 13.1. The van der Waals surface area contributed by atoms with E-state index in [1.807, 2.05) is 0 Å². The van der Waals surface area contributed by atoms with Gasteiger partial charge in [0.05, 0.1) is 6.10 Å². The highest BCUT2D eigenvalue weighted by molar-refractivity contribution is 4.81. The molecule has 0 aliphatic heterocycles. The minimum atomic E-state index is -0.922. The van der Waals surface area contributed by atoms with E-state index in [4.69, 9.17) is 4.74 Å². The first-order valence-corrected chi connectivity index (χ1v) is 3.86. The van der Waals surface area contributed by atoms with E-state index >= 15 is 0 Å². The van der Waals surface area contributed by atoms with E-state index in [0.717, 1.165) is 12.8 Å². The van der Waals surface area contributed by atoms with E-state index < -0.39 is 5.67 Å². The zero-order valence-corrected chi connectivity index (χ0v) is 6.69. The van der Waals surface area contributed by atoms with Gasteiger partial charge in [-0.2, -0.15) is 0 Å². The lowest BCUT2D eigenvalue weighted by Crippen LogP contribution is -2.29. The summed E-state index contributed by atoms with van der Waals surface area (Å²) in [4.78, 5) is 0. The smallest absolute Gasteiger partial charge is 0.108 e. The van der Waals surface area contributed by atoms with E-state index in [1.54, 1.807) is 14.0 Å². The predicted octanol–water partition coefficient (Wildman–Crippen LogP) is 2.30. The summed E-state index contributed by atoms with van der Waals surface area (Å²) in [6.45, 7) is 1.68. The largest absolute Gasteiger partial charge is 0.381 e. The van der Waals surface area contributed by atoms with Gasteiger partial charge in [-0.3, -0.25) is 0 Å². The van der Waals surface area contributed by atoms with Crippen molar-refractivity contribution in [2.75, 3.05) is 7.11 Å². The summed E-state index contributed by atoms with van der Waals surface area (Å²) in [5, 5.41) is 0. The van der Waals surface area contributed by atoms with Crippen molar-refractivity contribution in [1.82, 2.24) is 0 Å². The van der Waals surface area contributed by atoms with E-state index in [9.17, 15) is 4.39 Å². The Kier molecular flexibility index (Phi) is 2.29. The van der Waals surface area contributed by atoms with Crippen LogP contribution in [-0.2, 0) is 4.74 Å². The van der Waals surface area contributed by atoms with Gasteiger partial charge < -0.3 is 4.74 Å². The molecule has 0 amide bonds. The maximum atomic E-state index is 13.1. The molecule has 1 aliphatic carbocycles. The standard InChI is InChI=1S/C8H15FO/c1-8(9)5-3-7(10-2)4-6-8/h7H,3-6H2,1-2H3. The van der Waals surface area contributed by atoms with E-state index in [-0.39, 0.29) is 0 Å². The van der Waals surface area contributed by atoms with Crippen molar-refractivity contribution in [3.05, 3.63) is 0 Å². The quantitative estimate of drug-likeness (QED) is 0.551. The van der Waals surface area contributed by atoms with E-state index in [1.165, 1.54) is 0 Å². The van der Waals surface area contributed by atoms with E-state index in [0.29, 0.717) is 18.9 Å². The molecule has 0 radical (unpaired) electrons. The van der Waals surface area contributed by atoms with Crippen LogP contribution in [0.5, 0.6) is 0 Å². The first kappa shape index (κ1) is 7.99. The molecule has 0 aromatic carbocycles. The Bertz CT molecular complexity index is 102. The number of methoxy groups -OCH3 is 1. The van der Waals surface area contributed by atoms with Gasteiger partial charge in [-0.25, -0.2) is 4.39 Å². The molecule has 0 heterocycles. The Hall–Kier alpha value is -0.110. The number of hydrogen-bond acceptors (Lipinski definition) is 1. The molecule has 1 aliphatic rings. The molecule has 0 atom stereocenters. The Morgan fingerprint density at radius 1 is 1.40 bits per heavy atom. The molecule has 1 saturated carbocycles. The highest BCUT2D eigenvalue weighted by Gasteiger charge is 2.30. The highest BCUT2D eigenvalue weighted by Crippen LogP contribution is 2.32. The second-order valence-corrected chi connectivity index (χ2v) is 3.35. The lowest BCUT2D eigenvalue weighted by Gasteiger charge is -2.29. The number of rotatable bonds is 1. The molecule has 10 heavy (non-hydrogen) atoms. The first-order chi connectivity index (χ1) is 4.64. The monoisotopic (exact) mass is 146 g/mol. The zero-order valence-electron chi connectivity index (χ0n) is 6.69. The molecule has 0 aromatic heterocycles. The molecular formula is C8H15FO. The van der Waals surface area contributed by atoms with Gasteiger partial charge >= 0.3 is 0 Å². The van der Waals surface area contributed by atoms with Gasteiger partial charge in [0.2, 0.25) is 0 Å². The summed E-state index contributed by atoms with van der Waals surface area (Å²) in [6.07, 6.45) is 3.38. The molecule has 0 aromatic rings. The highest BCUT2D eigenvalue weighted by atomic mass is 19.1. The van der Waals surface area contributed by atoms with Crippen LogP contribution in [0.2, 0.25) is 0 Å². The molecule has 0 saturated heterocycles. The van der Waals surface area contributed by atoms with Crippen LogP contribution in [-0.4, -0.2) is 18.9 Å². The second-order valence-electron chi connectivity index (χ2n) is 3.35. The molecule has 0 unspecified atom stereocenters. The first-order valence-electron chi connectivity index (χ1n) is 3.86. The van der Waals surface area contributed by atoms with Gasteiger partial charge in [0, 0.05) is 7.11 Å². The third kappa shape index (κ3) is 1.94. The van der Waals surface area contributed by atoms with Crippen LogP contribution in [0.25, 0.3) is 0 Å². The fourth-order valence-electron chi connectivity index (χ4n) is 1.43. The second kappa shape index (κ2) is 2.87. The molecule has 1 nitrogen and oxygen atoms in total. The van der Waals surface area contributed by atoms with Gasteiger partial charge in [-0.1, -0.05) is 0 Å². The topological polar surface area (TPSA) is 9.23 Å². The van der Waals surface area contributed by atoms with Crippen molar-refractivity contribution in [2.24, 2.45) is 0 Å². The average Bonchev–Trinajstić information content (AvgIpc) is 1.88. The van der Waals surface area contributed by atoms with Crippen molar-refractivity contribution in [3.63, 3.8) is 0 Å². The minimum absolute atomic E-state index is 0.309. The Morgan fingerprint density at radius 3 is 2.30 bits per heavy atom.